The molecule has 0 radical (unpaired) electrons. The smallest absolute Gasteiger partial charge is 0.119 e. The van der Waals surface area contributed by atoms with Gasteiger partial charge in [0.2, 0.25) is 0 Å². The minimum Gasteiger partial charge on any atom is -0.491 e. The van der Waals surface area contributed by atoms with Crippen LogP contribution >= 0.6 is 0 Å². The molecule has 3 rings (SSSR count). The van der Waals surface area contributed by atoms with Crippen molar-refractivity contribution < 1.29 is 14.6 Å². The molecule has 1 heterocycles. The Kier molecular flexibility index (Phi) is 6.24. The van der Waals surface area contributed by atoms with Gasteiger partial charge in [-0.1, -0.05) is 42.5 Å². The molecular formula is C20H25NO3. The molecule has 1 aliphatic heterocycles. The van der Waals surface area contributed by atoms with Crippen molar-refractivity contribution in [3.8, 4) is 16.9 Å². The highest BCUT2D eigenvalue weighted by atomic mass is 16.5. The molecule has 0 bridgehead atoms. The van der Waals surface area contributed by atoms with Gasteiger partial charge in [-0.15, -0.1) is 0 Å². The van der Waals surface area contributed by atoms with Crippen LogP contribution in [0.5, 0.6) is 5.75 Å². The Bertz CT molecular complexity index is 594. The highest BCUT2D eigenvalue weighted by molar-refractivity contribution is 5.63. The van der Waals surface area contributed by atoms with Crippen LogP contribution in [0.15, 0.2) is 54.6 Å². The Morgan fingerprint density at radius 2 is 1.83 bits per heavy atom. The van der Waals surface area contributed by atoms with Gasteiger partial charge in [0, 0.05) is 19.7 Å². The first-order chi connectivity index (χ1) is 11.8. The van der Waals surface area contributed by atoms with Crippen molar-refractivity contribution in [3.05, 3.63) is 54.6 Å². The summed E-state index contributed by atoms with van der Waals surface area (Å²) >= 11 is 0. The minimum absolute atomic E-state index is 0.281. The first-order valence-corrected chi connectivity index (χ1v) is 8.60. The second-order valence-electron chi connectivity index (χ2n) is 6.15. The summed E-state index contributed by atoms with van der Waals surface area (Å²) in [6.07, 6.45) is 2.01. The molecule has 2 N–H and O–H groups in total. The van der Waals surface area contributed by atoms with Crippen LogP contribution < -0.4 is 10.1 Å². The molecule has 24 heavy (non-hydrogen) atoms. The van der Waals surface area contributed by atoms with E-state index in [1.165, 1.54) is 5.56 Å². The molecule has 2 atom stereocenters. The highest BCUT2D eigenvalue weighted by Crippen LogP contribution is 2.22. The molecule has 1 fully saturated rings. The molecular weight excluding hydrogens is 302 g/mol. The lowest BCUT2D eigenvalue weighted by atomic mass is 10.1. The third kappa shape index (κ3) is 5.06. The van der Waals surface area contributed by atoms with Gasteiger partial charge in [-0.25, -0.2) is 0 Å². The molecule has 0 saturated carbocycles. The fourth-order valence-corrected chi connectivity index (χ4v) is 2.84. The molecule has 128 valence electrons. The molecule has 1 saturated heterocycles. The molecule has 0 amide bonds. The molecule has 0 unspecified atom stereocenters. The van der Waals surface area contributed by atoms with E-state index in [9.17, 15) is 5.11 Å². The van der Waals surface area contributed by atoms with E-state index >= 15 is 0 Å². The maximum atomic E-state index is 9.99. The first kappa shape index (κ1) is 17.0. The summed E-state index contributed by atoms with van der Waals surface area (Å²) in [4.78, 5) is 0. The van der Waals surface area contributed by atoms with Gasteiger partial charge in [0.15, 0.2) is 0 Å². The van der Waals surface area contributed by atoms with Crippen molar-refractivity contribution in [3.63, 3.8) is 0 Å². The Morgan fingerprint density at radius 1 is 1.08 bits per heavy atom. The van der Waals surface area contributed by atoms with Gasteiger partial charge in [-0.05, 0) is 36.1 Å². The van der Waals surface area contributed by atoms with Crippen LogP contribution in [0.3, 0.4) is 0 Å². The monoisotopic (exact) mass is 327 g/mol. The van der Waals surface area contributed by atoms with E-state index in [0.29, 0.717) is 12.6 Å². The number of aliphatic hydroxyl groups is 1. The van der Waals surface area contributed by atoms with Crippen LogP contribution in [0.1, 0.15) is 12.8 Å². The average Bonchev–Trinajstić information content (AvgIpc) is 3.15. The number of benzene rings is 2. The molecule has 1 aliphatic rings. The Labute approximate surface area is 143 Å². The first-order valence-electron chi connectivity index (χ1n) is 8.60. The number of rotatable bonds is 8. The summed E-state index contributed by atoms with van der Waals surface area (Å²) in [5.41, 5.74) is 2.34. The van der Waals surface area contributed by atoms with Crippen LogP contribution in [-0.2, 0) is 4.74 Å². The van der Waals surface area contributed by atoms with Gasteiger partial charge in [0.25, 0.3) is 0 Å². The van der Waals surface area contributed by atoms with E-state index in [1.807, 2.05) is 42.5 Å². The van der Waals surface area contributed by atoms with E-state index in [4.69, 9.17) is 9.47 Å². The molecule has 4 nitrogen and oxygen atoms in total. The van der Waals surface area contributed by atoms with Gasteiger partial charge in [0.05, 0.1) is 6.10 Å². The largest absolute Gasteiger partial charge is 0.491 e. The summed E-state index contributed by atoms with van der Waals surface area (Å²) in [7, 11) is 0. The van der Waals surface area contributed by atoms with E-state index in [1.54, 1.807) is 0 Å². The second kappa shape index (κ2) is 8.83. The van der Waals surface area contributed by atoms with Crippen molar-refractivity contribution in [2.45, 2.75) is 25.0 Å². The number of nitrogens with one attached hydrogen (secondary N) is 1. The van der Waals surface area contributed by atoms with Crippen LogP contribution in [-0.4, -0.2) is 43.6 Å². The van der Waals surface area contributed by atoms with Gasteiger partial charge in [0.1, 0.15) is 18.5 Å². The summed E-state index contributed by atoms with van der Waals surface area (Å²) in [6, 6.07) is 18.2. The van der Waals surface area contributed by atoms with E-state index in [0.717, 1.165) is 37.3 Å². The van der Waals surface area contributed by atoms with Crippen LogP contribution in [0.4, 0.5) is 0 Å². The van der Waals surface area contributed by atoms with Crippen molar-refractivity contribution in [1.82, 2.24) is 5.32 Å². The lowest BCUT2D eigenvalue weighted by Crippen LogP contribution is -2.35. The summed E-state index contributed by atoms with van der Waals surface area (Å²) in [5, 5.41) is 13.2. The Hall–Kier alpha value is -1.88. The molecule has 2 aromatic rings. The maximum absolute atomic E-state index is 9.99. The third-order valence-electron chi connectivity index (χ3n) is 4.18. The van der Waals surface area contributed by atoms with Gasteiger partial charge in [-0.3, -0.25) is 0 Å². The van der Waals surface area contributed by atoms with E-state index in [2.05, 4.69) is 17.4 Å². The Morgan fingerprint density at radius 3 is 2.54 bits per heavy atom. The molecule has 2 aromatic carbocycles. The molecule has 0 aliphatic carbocycles. The van der Waals surface area contributed by atoms with Crippen LogP contribution in [0, 0.1) is 0 Å². The third-order valence-corrected chi connectivity index (χ3v) is 4.18. The van der Waals surface area contributed by atoms with Crippen LogP contribution in [0.25, 0.3) is 11.1 Å². The standard InChI is InChI=1S/C20H25NO3/c22-18(13-21-14-20-7-4-12-23-20)15-24-19-10-8-17(9-11-19)16-5-2-1-3-6-16/h1-3,5-6,8-11,18,20-22H,4,7,12-15H2/t18-,20+/m0/s1. The van der Waals surface area contributed by atoms with Crippen LogP contribution in [0.2, 0.25) is 0 Å². The summed E-state index contributed by atoms with van der Waals surface area (Å²) in [6.45, 7) is 2.45. The number of hydrogen-bond donors (Lipinski definition) is 2. The fraction of sp³-hybridized carbons (Fsp3) is 0.400. The molecule has 0 aromatic heterocycles. The Balaban J connectivity index is 1.39. The summed E-state index contributed by atoms with van der Waals surface area (Å²) < 4.78 is 11.2. The average molecular weight is 327 g/mol. The highest BCUT2D eigenvalue weighted by Gasteiger charge is 2.15. The molecule has 4 heteroatoms. The normalized spacial score (nSPS) is 18.5. The van der Waals surface area contributed by atoms with Crippen molar-refractivity contribution in [2.75, 3.05) is 26.3 Å². The van der Waals surface area contributed by atoms with Crippen molar-refractivity contribution >= 4 is 0 Å². The number of hydrogen-bond acceptors (Lipinski definition) is 4. The maximum Gasteiger partial charge on any atom is 0.119 e. The lowest BCUT2D eigenvalue weighted by molar-refractivity contribution is 0.0882. The van der Waals surface area contributed by atoms with E-state index < -0.39 is 6.10 Å². The predicted octanol–water partition coefficient (Wildman–Crippen LogP) is 2.86. The number of ether oxygens (including phenoxy) is 2. The van der Waals surface area contributed by atoms with Gasteiger partial charge in [-0.2, -0.15) is 0 Å². The fourth-order valence-electron chi connectivity index (χ4n) is 2.84. The van der Waals surface area contributed by atoms with Gasteiger partial charge < -0.3 is 19.9 Å². The SMILES string of the molecule is O[C@@H](CNC[C@H]1CCCO1)COc1ccc(-c2ccccc2)cc1. The zero-order chi connectivity index (χ0) is 16.6. The summed E-state index contributed by atoms with van der Waals surface area (Å²) in [5.74, 6) is 0.771. The zero-order valence-electron chi connectivity index (χ0n) is 13.9. The van der Waals surface area contributed by atoms with Crippen molar-refractivity contribution in [2.24, 2.45) is 0 Å². The second-order valence-corrected chi connectivity index (χ2v) is 6.15. The van der Waals surface area contributed by atoms with Gasteiger partial charge >= 0.3 is 0 Å². The zero-order valence-corrected chi connectivity index (χ0v) is 13.9. The number of aliphatic hydroxyl groups excluding tert-OH is 1. The topological polar surface area (TPSA) is 50.7 Å². The van der Waals surface area contributed by atoms with E-state index in [-0.39, 0.29) is 6.61 Å². The minimum atomic E-state index is -0.528. The quantitative estimate of drug-likeness (QED) is 0.783. The van der Waals surface area contributed by atoms with Crippen molar-refractivity contribution in [1.29, 1.82) is 0 Å². The lowest BCUT2D eigenvalue weighted by Gasteiger charge is -2.15. The molecule has 0 spiro atoms. The predicted molar refractivity (Wildman–Crippen MR) is 95.2 cm³/mol.